The first-order chi connectivity index (χ1) is 13.3. The van der Waals surface area contributed by atoms with Gasteiger partial charge in [-0.1, -0.05) is 6.07 Å². The van der Waals surface area contributed by atoms with Gasteiger partial charge >= 0.3 is 6.36 Å². The van der Waals surface area contributed by atoms with Crippen molar-refractivity contribution < 1.29 is 26.3 Å². The molecule has 3 aromatic rings. The highest BCUT2D eigenvalue weighted by Gasteiger charge is 2.39. The van der Waals surface area contributed by atoms with Crippen molar-refractivity contribution in [2.24, 2.45) is 0 Å². The van der Waals surface area contributed by atoms with Crippen molar-refractivity contribution in [2.45, 2.75) is 30.1 Å². The molecule has 1 aliphatic heterocycles. The van der Waals surface area contributed by atoms with Crippen LogP contribution in [0.25, 0.3) is 5.65 Å². The van der Waals surface area contributed by atoms with E-state index >= 15 is 0 Å². The standard InChI is InChI=1S/C17H15F3N4O3S/c18-17(19,20)27-12-6-8-13(9-7-12)28(25,26)24-11-3-4-14(24)16-22-21-15-5-1-2-10-23(15)16/h1-2,5-10,14H,3-4,11H2. The number of hydrogen-bond donors (Lipinski definition) is 0. The van der Waals surface area contributed by atoms with Crippen molar-refractivity contribution in [3.8, 4) is 5.75 Å². The maximum atomic E-state index is 13.1. The quantitative estimate of drug-likeness (QED) is 0.658. The number of nitrogens with zero attached hydrogens (tertiary/aromatic N) is 4. The summed E-state index contributed by atoms with van der Waals surface area (Å²) in [6.45, 7) is 0.287. The molecule has 0 N–H and O–H groups in total. The Balaban J connectivity index is 1.65. The summed E-state index contributed by atoms with van der Waals surface area (Å²) < 4.78 is 69.9. The van der Waals surface area contributed by atoms with Crippen LogP contribution in [0.5, 0.6) is 5.75 Å². The average Bonchev–Trinajstić information content (AvgIpc) is 3.27. The van der Waals surface area contributed by atoms with Crippen LogP contribution in [0.15, 0.2) is 53.6 Å². The van der Waals surface area contributed by atoms with E-state index in [0.717, 1.165) is 24.3 Å². The van der Waals surface area contributed by atoms with E-state index in [1.165, 1.54) is 4.31 Å². The van der Waals surface area contributed by atoms with Crippen LogP contribution >= 0.6 is 0 Å². The Bertz CT molecular complexity index is 1100. The Morgan fingerprint density at radius 2 is 1.82 bits per heavy atom. The second kappa shape index (κ2) is 6.74. The minimum Gasteiger partial charge on any atom is -0.406 e. The highest BCUT2D eigenvalue weighted by Crippen LogP contribution is 2.36. The molecular weight excluding hydrogens is 397 g/mol. The van der Waals surface area contributed by atoms with Gasteiger partial charge < -0.3 is 4.74 Å². The Kier molecular flexibility index (Phi) is 4.50. The smallest absolute Gasteiger partial charge is 0.406 e. The number of halogens is 3. The van der Waals surface area contributed by atoms with E-state index in [9.17, 15) is 21.6 Å². The van der Waals surface area contributed by atoms with E-state index in [0.29, 0.717) is 24.3 Å². The number of pyridine rings is 1. The minimum atomic E-state index is -4.84. The summed E-state index contributed by atoms with van der Waals surface area (Å²) in [5.41, 5.74) is 0.607. The molecule has 4 rings (SSSR count). The maximum absolute atomic E-state index is 13.1. The van der Waals surface area contributed by atoms with Gasteiger partial charge in [-0.05, 0) is 49.2 Å². The first kappa shape index (κ1) is 18.7. The highest BCUT2D eigenvalue weighted by molar-refractivity contribution is 7.89. The van der Waals surface area contributed by atoms with Crippen molar-refractivity contribution in [3.05, 3.63) is 54.5 Å². The van der Waals surface area contributed by atoms with Gasteiger partial charge in [0.2, 0.25) is 10.0 Å². The fourth-order valence-electron chi connectivity index (χ4n) is 3.32. The van der Waals surface area contributed by atoms with Crippen LogP contribution in [0.1, 0.15) is 24.7 Å². The molecule has 1 unspecified atom stereocenters. The largest absolute Gasteiger partial charge is 0.573 e. The molecular formula is C17H15F3N4O3S. The monoisotopic (exact) mass is 412 g/mol. The molecule has 1 aromatic carbocycles. The van der Waals surface area contributed by atoms with Crippen molar-refractivity contribution in [1.29, 1.82) is 0 Å². The van der Waals surface area contributed by atoms with E-state index in [1.807, 2.05) is 6.07 Å². The van der Waals surface area contributed by atoms with Gasteiger partial charge in [-0.3, -0.25) is 4.40 Å². The van der Waals surface area contributed by atoms with Gasteiger partial charge in [-0.25, -0.2) is 8.42 Å². The van der Waals surface area contributed by atoms with Crippen LogP contribution in [0.3, 0.4) is 0 Å². The SMILES string of the molecule is O=S(=O)(c1ccc(OC(F)(F)F)cc1)N1CCCC1c1nnc2ccccn12. The van der Waals surface area contributed by atoms with Gasteiger partial charge in [-0.15, -0.1) is 23.4 Å². The number of alkyl halides is 3. The minimum absolute atomic E-state index is 0.109. The first-order valence-electron chi connectivity index (χ1n) is 8.43. The number of benzene rings is 1. The molecule has 0 aliphatic carbocycles. The molecule has 0 radical (unpaired) electrons. The van der Waals surface area contributed by atoms with Gasteiger partial charge in [0.05, 0.1) is 10.9 Å². The first-order valence-corrected chi connectivity index (χ1v) is 9.87. The second-order valence-electron chi connectivity index (χ2n) is 6.28. The molecule has 11 heteroatoms. The summed E-state index contributed by atoms with van der Waals surface area (Å²) in [6, 6.07) is 9.05. The lowest BCUT2D eigenvalue weighted by Gasteiger charge is -2.23. The summed E-state index contributed by atoms with van der Waals surface area (Å²) in [7, 11) is -3.93. The molecule has 148 valence electrons. The number of hydrogen-bond acceptors (Lipinski definition) is 5. The van der Waals surface area contributed by atoms with Gasteiger partial charge in [-0.2, -0.15) is 4.31 Å². The van der Waals surface area contributed by atoms with Crippen LogP contribution in [0.2, 0.25) is 0 Å². The molecule has 1 saturated heterocycles. The summed E-state index contributed by atoms with van der Waals surface area (Å²) in [6.07, 6.45) is -1.86. The van der Waals surface area contributed by atoms with E-state index < -0.39 is 28.2 Å². The summed E-state index contributed by atoms with van der Waals surface area (Å²) in [5.74, 6) is 0.0292. The zero-order valence-corrected chi connectivity index (χ0v) is 15.2. The molecule has 1 atom stereocenters. The maximum Gasteiger partial charge on any atom is 0.573 e. The van der Waals surface area contributed by atoms with Gasteiger partial charge in [0, 0.05) is 12.7 Å². The van der Waals surface area contributed by atoms with Crippen molar-refractivity contribution in [3.63, 3.8) is 0 Å². The van der Waals surface area contributed by atoms with Gasteiger partial charge in [0.25, 0.3) is 0 Å². The number of rotatable bonds is 4. The van der Waals surface area contributed by atoms with Crippen LogP contribution in [-0.2, 0) is 10.0 Å². The third-order valence-electron chi connectivity index (χ3n) is 4.51. The zero-order valence-electron chi connectivity index (χ0n) is 14.4. The van der Waals surface area contributed by atoms with Crippen LogP contribution in [0.4, 0.5) is 13.2 Å². The zero-order chi connectivity index (χ0) is 19.9. The molecule has 3 heterocycles. The number of ether oxygens (including phenoxy) is 1. The Hall–Kier alpha value is -2.66. The molecule has 1 fully saturated rings. The summed E-state index contributed by atoms with van der Waals surface area (Å²) >= 11 is 0. The normalized spacial score (nSPS) is 18.6. The molecule has 0 spiro atoms. The lowest BCUT2D eigenvalue weighted by Crippen LogP contribution is -2.31. The number of aromatic nitrogens is 3. The van der Waals surface area contributed by atoms with E-state index in [2.05, 4.69) is 14.9 Å². The topological polar surface area (TPSA) is 76.8 Å². The van der Waals surface area contributed by atoms with Crippen molar-refractivity contribution >= 4 is 15.7 Å². The van der Waals surface area contributed by atoms with E-state index in [-0.39, 0.29) is 11.4 Å². The van der Waals surface area contributed by atoms with E-state index in [4.69, 9.17) is 0 Å². The summed E-state index contributed by atoms with van der Waals surface area (Å²) in [4.78, 5) is -0.109. The molecule has 0 saturated carbocycles. The van der Waals surface area contributed by atoms with E-state index in [1.54, 1.807) is 22.7 Å². The molecule has 28 heavy (non-hydrogen) atoms. The van der Waals surface area contributed by atoms with Crippen molar-refractivity contribution in [2.75, 3.05) is 6.54 Å². The molecule has 1 aliphatic rings. The van der Waals surface area contributed by atoms with Gasteiger partial charge in [0.15, 0.2) is 11.5 Å². The second-order valence-corrected chi connectivity index (χ2v) is 8.17. The third-order valence-corrected chi connectivity index (χ3v) is 6.43. The number of sulfonamides is 1. The molecule has 2 aromatic heterocycles. The molecule has 0 amide bonds. The molecule has 7 nitrogen and oxygen atoms in total. The predicted octanol–water partition coefficient (Wildman–Crippen LogP) is 3.15. The van der Waals surface area contributed by atoms with Crippen LogP contribution in [-0.4, -0.2) is 40.2 Å². The molecule has 0 bridgehead atoms. The van der Waals surface area contributed by atoms with Crippen molar-refractivity contribution in [1.82, 2.24) is 18.9 Å². The van der Waals surface area contributed by atoms with Gasteiger partial charge in [0.1, 0.15) is 5.75 Å². The van der Waals surface area contributed by atoms with Crippen LogP contribution in [0, 0.1) is 0 Å². The Labute approximate surface area is 158 Å². The fourth-order valence-corrected chi connectivity index (χ4v) is 4.98. The highest BCUT2D eigenvalue weighted by atomic mass is 32.2. The lowest BCUT2D eigenvalue weighted by molar-refractivity contribution is -0.274. The Morgan fingerprint density at radius 1 is 1.07 bits per heavy atom. The lowest BCUT2D eigenvalue weighted by atomic mass is 10.2. The number of fused-ring (bicyclic) bond motifs is 1. The Morgan fingerprint density at radius 3 is 2.54 bits per heavy atom. The fraction of sp³-hybridized carbons (Fsp3) is 0.294. The average molecular weight is 412 g/mol. The summed E-state index contributed by atoms with van der Waals surface area (Å²) in [5, 5.41) is 8.22. The van der Waals surface area contributed by atoms with Crippen LogP contribution < -0.4 is 4.74 Å². The third kappa shape index (κ3) is 3.42. The predicted molar refractivity (Wildman–Crippen MR) is 92.0 cm³/mol.